The summed E-state index contributed by atoms with van der Waals surface area (Å²) in [6.07, 6.45) is 2.12. The van der Waals surface area contributed by atoms with Crippen LogP contribution in [0.5, 0.6) is 0 Å². The fourth-order valence-corrected chi connectivity index (χ4v) is 1.65. The first kappa shape index (κ1) is 13.4. The van der Waals surface area contributed by atoms with Crippen molar-refractivity contribution in [2.24, 2.45) is 0 Å². The van der Waals surface area contributed by atoms with Gasteiger partial charge in [0.25, 0.3) is 0 Å². The summed E-state index contributed by atoms with van der Waals surface area (Å²) in [5.41, 5.74) is -2.54. The highest BCUT2D eigenvalue weighted by molar-refractivity contribution is 5.20. The SMILES string of the molecule is O=c1[nH]c(=O)n(CC(O)CNC2CC2)cc1[N+](=O)[O-]. The zero-order valence-electron chi connectivity index (χ0n) is 10.0. The zero-order chi connectivity index (χ0) is 14.0. The molecule has 9 heteroatoms. The Morgan fingerprint density at radius 1 is 1.58 bits per heavy atom. The molecule has 1 fully saturated rings. The van der Waals surface area contributed by atoms with Crippen molar-refractivity contribution in [2.45, 2.75) is 31.5 Å². The molecule has 1 aromatic heterocycles. The molecule has 104 valence electrons. The number of nitro groups is 1. The van der Waals surface area contributed by atoms with E-state index < -0.39 is 28.0 Å². The Labute approximate surface area is 107 Å². The molecular weight excluding hydrogens is 256 g/mol. The molecule has 1 unspecified atom stereocenters. The van der Waals surface area contributed by atoms with E-state index in [9.17, 15) is 24.8 Å². The predicted octanol–water partition coefficient (Wildman–Crippen LogP) is -1.44. The average Bonchev–Trinajstić information content (AvgIpc) is 3.13. The van der Waals surface area contributed by atoms with Crippen LogP contribution in [0.15, 0.2) is 15.8 Å². The molecule has 9 nitrogen and oxygen atoms in total. The van der Waals surface area contributed by atoms with Gasteiger partial charge in [0.1, 0.15) is 0 Å². The first-order valence-corrected chi connectivity index (χ1v) is 5.87. The Morgan fingerprint density at radius 3 is 2.84 bits per heavy atom. The minimum Gasteiger partial charge on any atom is -0.390 e. The van der Waals surface area contributed by atoms with Crippen LogP contribution < -0.4 is 16.6 Å². The molecule has 3 N–H and O–H groups in total. The van der Waals surface area contributed by atoms with Crippen molar-refractivity contribution in [2.75, 3.05) is 6.54 Å². The quantitative estimate of drug-likeness (QED) is 0.428. The Morgan fingerprint density at radius 2 is 2.26 bits per heavy atom. The van der Waals surface area contributed by atoms with Crippen molar-refractivity contribution >= 4 is 5.69 Å². The van der Waals surface area contributed by atoms with Crippen LogP contribution in [0.4, 0.5) is 5.69 Å². The number of aliphatic hydroxyl groups is 1. The number of hydrogen-bond donors (Lipinski definition) is 3. The lowest BCUT2D eigenvalue weighted by Gasteiger charge is -2.12. The number of aromatic nitrogens is 2. The van der Waals surface area contributed by atoms with Crippen LogP contribution in [-0.2, 0) is 6.54 Å². The number of rotatable bonds is 6. The van der Waals surface area contributed by atoms with Gasteiger partial charge in [-0.1, -0.05) is 0 Å². The van der Waals surface area contributed by atoms with Crippen LogP contribution in [0.1, 0.15) is 12.8 Å². The van der Waals surface area contributed by atoms with Gasteiger partial charge >= 0.3 is 16.9 Å². The van der Waals surface area contributed by atoms with E-state index in [4.69, 9.17) is 0 Å². The van der Waals surface area contributed by atoms with E-state index in [-0.39, 0.29) is 6.54 Å². The number of aliphatic hydroxyl groups excluding tert-OH is 1. The maximum Gasteiger partial charge on any atom is 0.350 e. The minimum atomic E-state index is -1.04. The Kier molecular flexibility index (Phi) is 3.76. The smallest absolute Gasteiger partial charge is 0.350 e. The molecule has 0 radical (unpaired) electrons. The highest BCUT2D eigenvalue weighted by atomic mass is 16.6. The fourth-order valence-electron chi connectivity index (χ4n) is 1.65. The van der Waals surface area contributed by atoms with Gasteiger partial charge in [-0.25, -0.2) is 4.79 Å². The lowest BCUT2D eigenvalue weighted by atomic mass is 10.3. The standard InChI is InChI=1S/C10H14N4O5/c15-7(3-11-6-1-2-6)4-13-5-8(14(18)19)9(16)12-10(13)17/h5-7,11,15H,1-4H2,(H,12,16,17). The summed E-state index contributed by atoms with van der Waals surface area (Å²) in [6, 6.07) is 0.413. The molecule has 0 aliphatic heterocycles. The molecule has 1 aromatic rings. The molecule has 1 atom stereocenters. The van der Waals surface area contributed by atoms with Crippen LogP contribution in [0, 0.1) is 10.1 Å². The fraction of sp³-hybridized carbons (Fsp3) is 0.600. The molecule has 0 spiro atoms. The summed E-state index contributed by atoms with van der Waals surface area (Å²) in [5.74, 6) is 0. The molecule has 1 aliphatic carbocycles. The maximum atomic E-state index is 11.5. The summed E-state index contributed by atoms with van der Waals surface area (Å²) >= 11 is 0. The van der Waals surface area contributed by atoms with E-state index in [0.717, 1.165) is 23.6 Å². The second-order valence-electron chi connectivity index (χ2n) is 4.52. The molecule has 0 aromatic carbocycles. The van der Waals surface area contributed by atoms with Gasteiger partial charge in [-0.15, -0.1) is 0 Å². The summed E-state index contributed by atoms with van der Waals surface area (Å²) in [5, 5.41) is 23.4. The molecule has 0 amide bonds. The normalized spacial score (nSPS) is 16.3. The summed E-state index contributed by atoms with van der Waals surface area (Å²) in [6.45, 7) is 0.181. The monoisotopic (exact) mass is 270 g/mol. The average molecular weight is 270 g/mol. The van der Waals surface area contributed by atoms with Crippen LogP contribution in [0.3, 0.4) is 0 Å². The van der Waals surface area contributed by atoms with E-state index in [2.05, 4.69) is 5.32 Å². The number of nitrogens with zero attached hydrogens (tertiary/aromatic N) is 2. The Hall–Kier alpha value is -2.00. The van der Waals surface area contributed by atoms with Crippen LogP contribution in [0.25, 0.3) is 0 Å². The molecule has 0 saturated heterocycles. The number of H-pyrrole nitrogens is 1. The molecule has 1 aliphatic rings. The van der Waals surface area contributed by atoms with Gasteiger partial charge < -0.3 is 10.4 Å². The van der Waals surface area contributed by atoms with Gasteiger partial charge in [0, 0.05) is 12.6 Å². The summed E-state index contributed by atoms with van der Waals surface area (Å²) in [7, 11) is 0. The van der Waals surface area contributed by atoms with Gasteiger partial charge in [0.2, 0.25) is 0 Å². The molecule has 1 heterocycles. The van der Waals surface area contributed by atoms with Crippen molar-refractivity contribution < 1.29 is 10.0 Å². The van der Waals surface area contributed by atoms with Gasteiger partial charge in [0.05, 0.1) is 23.8 Å². The zero-order valence-corrected chi connectivity index (χ0v) is 10.0. The minimum absolute atomic E-state index is 0.115. The number of aromatic amines is 1. The van der Waals surface area contributed by atoms with E-state index >= 15 is 0 Å². The molecule has 19 heavy (non-hydrogen) atoms. The summed E-state index contributed by atoms with van der Waals surface area (Å²) in [4.78, 5) is 34.2. The number of nitrogens with one attached hydrogen (secondary N) is 2. The topological polar surface area (TPSA) is 130 Å². The van der Waals surface area contributed by atoms with Gasteiger partial charge in [-0.05, 0) is 12.8 Å². The largest absolute Gasteiger partial charge is 0.390 e. The third-order valence-corrected chi connectivity index (χ3v) is 2.82. The van der Waals surface area contributed by atoms with E-state index in [1.807, 2.05) is 4.98 Å². The third kappa shape index (κ3) is 3.48. The van der Waals surface area contributed by atoms with Crippen LogP contribution in [0.2, 0.25) is 0 Å². The van der Waals surface area contributed by atoms with Crippen molar-refractivity contribution in [3.8, 4) is 0 Å². The van der Waals surface area contributed by atoms with Crippen molar-refractivity contribution in [1.82, 2.24) is 14.9 Å². The van der Waals surface area contributed by atoms with Gasteiger partial charge in [-0.2, -0.15) is 0 Å². The number of hydrogen-bond acceptors (Lipinski definition) is 6. The van der Waals surface area contributed by atoms with Crippen molar-refractivity contribution in [3.63, 3.8) is 0 Å². The van der Waals surface area contributed by atoms with E-state index in [1.54, 1.807) is 0 Å². The highest BCUT2D eigenvalue weighted by Crippen LogP contribution is 2.18. The predicted molar refractivity (Wildman–Crippen MR) is 65.0 cm³/mol. The van der Waals surface area contributed by atoms with Crippen molar-refractivity contribution in [3.05, 3.63) is 37.1 Å². The van der Waals surface area contributed by atoms with Gasteiger partial charge in [-0.3, -0.25) is 24.5 Å². The summed E-state index contributed by atoms with van der Waals surface area (Å²) < 4.78 is 0.929. The first-order chi connectivity index (χ1) is 8.97. The molecule has 2 rings (SSSR count). The first-order valence-electron chi connectivity index (χ1n) is 5.87. The second-order valence-corrected chi connectivity index (χ2v) is 4.52. The molecule has 0 bridgehead atoms. The lowest BCUT2D eigenvalue weighted by Crippen LogP contribution is -2.37. The Balaban J connectivity index is 2.09. The second kappa shape index (κ2) is 5.33. The molecular formula is C10H14N4O5. The Bertz CT molecular complexity index is 588. The highest BCUT2D eigenvalue weighted by Gasteiger charge is 2.22. The third-order valence-electron chi connectivity index (χ3n) is 2.82. The van der Waals surface area contributed by atoms with E-state index in [1.165, 1.54) is 0 Å². The van der Waals surface area contributed by atoms with Crippen LogP contribution >= 0.6 is 0 Å². The van der Waals surface area contributed by atoms with E-state index in [0.29, 0.717) is 12.6 Å². The van der Waals surface area contributed by atoms with Crippen molar-refractivity contribution in [1.29, 1.82) is 0 Å². The van der Waals surface area contributed by atoms with Gasteiger partial charge in [0.15, 0.2) is 0 Å². The maximum absolute atomic E-state index is 11.5. The lowest BCUT2D eigenvalue weighted by molar-refractivity contribution is -0.386. The molecule has 1 saturated carbocycles. The van der Waals surface area contributed by atoms with Crippen LogP contribution in [-0.4, -0.2) is 38.3 Å².